The number of hydrogen-bond acceptors (Lipinski definition) is 6. The highest BCUT2D eigenvalue weighted by atomic mass is 19.4. The molecule has 0 radical (unpaired) electrons. The van der Waals surface area contributed by atoms with Crippen LogP contribution in [0.4, 0.5) is 33.9 Å². The summed E-state index contributed by atoms with van der Waals surface area (Å²) in [5.74, 6) is -2.13. The van der Waals surface area contributed by atoms with Gasteiger partial charge in [0.05, 0.1) is 11.1 Å². The molecule has 4 aromatic rings. The van der Waals surface area contributed by atoms with E-state index in [0.717, 1.165) is 16.8 Å². The zero-order valence-electron chi connectivity index (χ0n) is 19.5. The zero-order valence-corrected chi connectivity index (χ0v) is 19.5. The summed E-state index contributed by atoms with van der Waals surface area (Å²) in [7, 11) is 0. The summed E-state index contributed by atoms with van der Waals surface area (Å²) in [5.41, 5.74) is 4.41. The van der Waals surface area contributed by atoms with E-state index < -0.39 is 35.6 Å². The number of nitrogens with one attached hydrogen (secondary N) is 2. The number of ether oxygens (including phenoxy) is 1. The number of allylic oxidation sites excluding steroid dienone is 1. The van der Waals surface area contributed by atoms with Crippen LogP contribution >= 0.6 is 0 Å². The number of rotatable bonds is 4. The number of pyridine rings is 1. The predicted molar refractivity (Wildman–Crippen MR) is 129 cm³/mol. The second kappa shape index (κ2) is 9.18. The van der Waals surface area contributed by atoms with Crippen LogP contribution in [0.3, 0.4) is 0 Å². The Labute approximate surface area is 211 Å². The average Bonchev–Trinajstić information content (AvgIpc) is 3.23. The molecule has 38 heavy (non-hydrogen) atoms. The van der Waals surface area contributed by atoms with Crippen LogP contribution in [0.1, 0.15) is 24.1 Å². The Morgan fingerprint density at radius 1 is 1.11 bits per heavy atom. The molecule has 5 rings (SSSR count). The number of hydrogen-bond donors (Lipinski definition) is 3. The molecule has 3 heterocycles. The van der Waals surface area contributed by atoms with Crippen molar-refractivity contribution in [3.63, 3.8) is 0 Å². The SMILES string of the molecule is CC1=C(C(=O)Nc2ccc3cnccc3c2)C(c2ccc(C(F)(F)F)c(F)c2)n2nc(OC(N)=O)cc2N1. The van der Waals surface area contributed by atoms with Gasteiger partial charge in [-0.2, -0.15) is 13.2 Å². The molecule has 2 aromatic carbocycles. The van der Waals surface area contributed by atoms with Gasteiger partial charge in [-0.3, -0.25) is 9.78 Å². The third-order valence-electron chi connectivity index (χ3n) is 5.91. The van der Waals surface area contributed by atoms with E-state index in [2.05, 4.69) is 20.7 Å². The molecule has 13 heteroatoms. The van der Waals surface area contributed by atoms with Crippen LogP contribution in [0, 0.1) is 5.82 Å². The monoisotopic (exact) mass is 526 g/mol. The number of alkyl halides is 3. The molecule has 0 spiro atoms. The van der Waals surface area contributed by atoms with Crippen LogP contribution < -0.4 is 21.1 Å². The lowest BCUT2D eigenvalue weighted by Crippen LogP contribution is -2.31. The molecular weight excluding hydrogens is 508 g/mol. The largest absolute Gasteiger partial charge is 0.419 e. The summed E-state index contributed by atoms with van der Waals surface area (Å²) in [4.78, 5) is 28.8. The third kappa shape index (κ3) is 4.61. The van der Waals surface area contributed by atoms with Crippen molar-refractivity contribution in [2.24, 2.45) is 5.73 Å². The van der Waals surface area contributed by atoms with E-state index in [1.54, 1.807) is 43.6 Å². The van der Waals surface area contributed by atoms with Crippen LogP contribution in [0.25, 0.3) is 10.8 Å². The smallest absolute Gasteiger partial charge is 0.390 e. The lowest BCUT2D eigenvalue weighted by Gasteiger charge is -2.29. The minimum absolute atomic E-state index is 0.000982. The van der Waals surface area contributed by atoms with Crippen LogP contribution in [-0.4, -0.2) is 26.8 Å². The maximum Gasteiger partial charge on any atom is 0.419 e. The van der Waals surface area contributed by atoms with Crippen molar-refractivity contribution in [1.29, 1.82) is 0 Å². The molecule has 2 aromatic heterocycles. The van der Waals surface area contributed by atoms with Crippen LogP contribution in [-0.2, 0) is 11.0 Å². The third-order valence-corrected chi connectivity index (χ3v) is 5.91. The van der Waals surface area contributed by atoms with Gasteiger partial charge in [-0.15, -0.1) is 5.10 Å². The van der Waals surface area contributed by atoms with Gasteiger partial charge in [0, 0.05) is 35.2 Å². The maximum atomic E-state index is 14.6. The van der Waals surface area contributed by atoms with Gasteiger partial charge < -0.3 is 21.1 Å². The minimum Gasteiger partial charge on any atom is -0.390 e. The van der Waals surface area contributed by atoms with E-state index in [1.165, 1.54) is 10.7 Å². The molecule has 0 fully saturated rings. The summed E-state index contributed by atoms with van der Waals surface area (Å²) in [6.07, 6.45) is -2.79. The quantitative estimate of drug-likeness (QED) is 0.323. The average molecular weight is 526 g/mol. The number of carbonyl (C=O) groups excluding carboxylic acids is 2. The van der Waals surface area contributed by atoms with Gasteiger partial charge >= 0.3 is 12.3 Å². The summed E-state index contributed by atoms with van der Waals surface area (Å²) in [6.45, 7) is 1.57. The molecule has 4 N–H and O–H groups in total. The van der Waals surface area contributed by atoms with E-state index >= 15 is 0 Å². The molecule has 194 valence electrons. The van der Waals surface area contributed by atoms with Crippen LogP contribution in [0.5, 0.6) is 5.88 Å². The molecule has 0 saturated heterocycles. The van der Waals surface area contributed by atoms with Crippen molar-refractivity contribution in [3.05, 3.63) is 89.1 Å². The molecule has 0 aliphatic carbocycles. The number of amides is 2. The first-order valence-corrected chi connectivity index (χ1v) is 11.1. The standard InChI is InChI=1S/C25H18F4N6O3/c1-12-21(23(36)33-16-4-2-15-11-31-7-6-13(15)8-16)22(14-3-5-17(18(26)9-14)25(27,28)29)35-19(32-12)10-20(34-35)38-24(30)37/h2-11,22,32H,1H3,(H2,30,37)(H,33,36). The Kier molecular flexibility index (Phi) is 5.97. The molecule has 1 atom stereocenters. The molecule has 1 aliphatic rings. The van der Waals surface area contributed by atoms with E-state index in [-0.39, 0.29) is 22.8 Å². The molecule has 1 aliphatic heterocycles. The lowest BCUT2D eigenvalue weighted by molar-refractivity contribution is -0.140. The van der Waals surface area contributed by atoms with Crippen molar-refractivity contribution in [3.8, 4) is 5.88 Å². The Bertz CT molecular complexity index is 1630. The number of primary amides is 1. The van der Waals surface area contributed by atoms with E-state index in [0.29, 0.717) is 23.5 Å². The van der Waals surface area contributed by atoms with Gasteiger partial charge in [0.25, 0.3) is 5.91 Å². The fourth-order valence-corrected chi connectivity index (χ4v) is 4.30. The fraction of sp³-hybridized carbons (Fsp3) is 0.120. The highest BCUT2D eigenvalue weighted by Crippen LogP contribution is 2.40. The first-order valence-electron chi connectivity index (χ1n) is 11.1. The summed E-state index contributed by atoms with van der Waals surface area (Å²) >= 11 is 0. The van der Waals surface area contributed by atoms with Gasteiger partial charge in [-0.25, -0.2) is 13.9 Å². The molecule has 0 saturated carbocycles. The van der Waals surface area contributed by atoms with Gasteiger partial charge in [0.2, 0.25) is 5.88 Å². The van der Waals surface area contributed by atoms with Crippen molar-refractivity contribution in [1.82, 2.24) is 14.8 Å². The van der Waals surface area contributed by atoms with Crippen LogP contribution in [0.15, 0.2) is 72.2 Å². The van der Waals surface area contributed by atoms with E-state index in [1.807, 2.05) is 0 Å². The van der Waals surface area contributed by atoms with Gasteiger partial charge in [-0.05, 0) is 48.2 Å². The zero-order chi connectivity index (χ0) is 27.2. The number of nitrogens with zero attached hydrogens (tertiary/aromatic N) is 3. The van der Waals surface area contributed by atoms with Gasteiger partial charge in [0.1, 0.15) is 17.7 Å². The van der Waals surface area contributed by atoms with Crippen molar-refractivity contribution in [2.75, 3.05) is 10.6 Å². The number of anilines is 2. The maximum absolute atomic E-state index is 14.6. The van der Waals surface area contributed by atoms with Gasteiger partial charge in [-0.1, -0.05) is 12.1 Å². The normalized spacial score (nSPS) is 15.1. The number of benzene rings is 2. The highest BCUT2D eigenvalue weighted by Gasteiger charge is 2.37. The molecule has 1 unspecified atom stereocenters. The first-order chi connectivity index (χ1) is 18.0. The topological polar surface area (TPSA) is 124 Å². The second-order valence-corrected chi connectivity index (χ2v) is 8.43. The number of aromatic nitrogens is 3. The Hall–Kier alpha value is -4.94. The number of carbonyl (C=O) groups is 2. The molecule has 2 amide bonds. The number of nitrogens with two attached hydrogens (primary N) is 1. The van der Waals surface area contributed by atoms with Crippen molar-refractivity contribution < 1.29 is 31.9 Å². The highest BCUT2D eigenvalue weighted by molar-refractivity contribution is 6.06. The van der Waals surface area contributed by atoms with Crippen LogP contribution in [0.2, 0.25) is 0 Å². The summed E-state index contributed by atoms with van der Waals surface area (Å²) in [5, 5.41) is 11.5. The molecule has 9 nitrogen and oxygen atoms in total. The van der Waals surface area contributed by atoms with Crippen molar-refractivity contribution >= 4 is 34.3 Å². The molecular formula is C25H18F4N6O3. The Balaban J connectivity index is 1.58. The Morgan fingerprint density at radius 3 is 2.61 bits per heavy atom. The first kappa shape index (κ1) is 24.7. The summed E-state index contributed by atoms with van der Waals surface area (Å²) < 4.78 is 60.2. The lowest BCUT2D eigenvalue weighted by atomic mass is 9.93. The fourth-order valence-electron chi connectivity index (χ4n) is 4.30. The number of halogens is 4. The second-order valence-electron chi connectivity index (χ2n) is 8.43. The van der Waals surface area contributed by atoms with E-state index in [9.17, 15) is 27.2 Å². The van der Waals surface area contributed by atoms with E-state index in [4.69, 9.17) is 10.5 Å². The Morgan fingerprint density at radius 2 is 1.89 bits per heavy atom. The predicted octanol–water partition coefficient (Wildman–Crippen LogP) is 4.97. The van der Waals surface area contributed by atoms with Crippen molar-refractivity contribution in [2.45, 2.75) is 19.1 Å². The molecule has 0 bridgehead atoms. The minimum atomic E-state index is -4.91. The van der Waals surface area contributed by atoms with Gasteiger partial charge in [0.15, 0.2) is 0 Å². The summed E-state index contributed by atoms with van der Waals surface area (Å²) in [6, 6.07) is 9.41. The number of fused-ring (bicyclic) bond motifs is 2.